The molecule has 0 bridgehead atoms. The van der Waals surface area contributed by atoms with Crippen LogP contribution >= 0.6 is 0 Å². The number of unbranched alkanes of at least 4 members (excludes halogenated alkanes) is 4. The topological polar surface area (TPSA) is 137 Å². The van der Waals surface area contributed by atoms with Crippen molar-refractivity contribution in [2.45, 2.75) is 97.5 Å². The van der Waals surface area contributed by atoms with E-state index in [2.05, 4.69) is 0 Å². The summed E-state index contributed by atoms with van der Waals surface area (Å²) in [6, 6.07) is 0. The van der Waals surface area contributed by atoms with Crippen LogP contribution in [-0.2, 0) is 43.2 Å². The Morgan fingerprint density at radius 2 is 1.30 bits per heavy atom. The van der Waals surface area contributed by atoms with Crippen LogP contribution in [0.2, 0.25) is 0 Å². The quantitative estimate of drug-likeness (QED) is 0.277. The number of hydrogen-bond acceptors (Lipinski definition) is 9. The van der Waals surface area contributed by atoms with Gasteiger partial charge >= 0.3 is 11.9 Å². The van der Waals surface area contributed by atoms with E-state index in [0.29, 0.717) is 35.8 Å². The summed E-state index contributed by atoms with van der Waals surface area (Å²) < 4.78 is 5.63. The minimum Gasteiger partial charge on any atom is -0.366 e. The average Bonchev–Trinajstić information content (AvgIpc) is 3.25. The number of nitrogens with zero attached hydrogens (tertiary/aromatic N) is 2. The molecular formula is C22H34N2O9. The summed E-state index contributed by atoms with van der Waals surface area (Å²) in [5.74, 6) is -3.46. The van der Waals surface area contributed by atoms with Crippen LogP contribution in [0.1, 0.15) is 91.4 Å². The fourth-order valence-electron chi connectivity index (χ4n) is 3.22. The molecule has 0 spiro atoms. The average molecular weight is 471 g/mol. The highest BCUT2D eigenvalue weighted by Gasteiger charge is 2.35. The number of ether oxygens (including phenoxy) is 1. The van der Waals surface area contributed by atoms with Crippen molar-refractivity contribution in [3.05, 3.63) is 0 Å². The van der Waals surface area contributed by atoms with Gasteiger partial charge in [-0.05, 0) is 19.3 Å². The van der Waals surface area contributed by atoms with Gasteiger partial charge in [-0.15, -0.1) is 10.1 Å². The molecule has 0 N–H and O–H groups in total. The van der Waals surface area contributed by atoms with E-state index in [-0.39, 0.29) is 46.1 Å². The second-order valence-corrected chi connectivity index (χ2v) is 7.70. The van der Waals surface area contributed by atoms with E-state index in [9.17, 15) is 28.8 Å². The molecule has 0 saturated carbocycles. The van der Waals surface area contributed by atoms with Crippen molar-refractivity contribution in [1.29, 1.82) is 0 Å². The van der Waals surface area contributed by atoms with Crippen LogP contribution in [0.4, 0.5) is 0 Å². The van der Waals surface area contributed by atoms with E-state index in [4.69, 9.17) is 14.4 Å². The molecule has 4 amide bonds. The van der Waals surface area contributed by atoms with Gasteiger partial charge in [0.25, 0.3) is 23.6 Å². The molecule has 0 aromatic rings. The fourth-order valence-corrected chi connectivity index (χ4v) is 3.22. The number of amides is 4. The summed E-state index contributed by atoms with van der Waals surface area (Å²) in [6.07, 6.45) is 3.99. The molecule has 2 saturated heterocycles. The molecule has 2 aliphatic rings. The van der Waals surface area contributed by atoms with Gasteiger partial charge in [0.2, 0.25) is 0 Å². The minimum absolute atomic E-state index is 0. The molecule has 1 unspecified atom stereocenters. The summed E-state index contributed by atoms with van der Waals surface area (Å²) >= 11 is 0. The second kappa shape index (κ2) is 14.4. The minimum atomic E-state index is -0.860. The summed E-state index contributed by atoms with van der Waals surface area (Å²) in [6.45, 7) is 2.25. The molecule has 2 rings (SSSR count). The van der Waals surface area contributed by atoms with Crippen LogP contribution in [0, 0.1) is 0 Å². The summed E-state index contributed by atoms with van der Waals surface area (Å²) in [7, 11) is 0. The smallest absolute Gasteiger partial charge is 0.361 e. The number of imide groups is 2. The molecule has 0 radical (unpaired) electrons. The zero-order chi connectivity index (χ0) is 23.5. The molecule has 1 atom stereocenters. The van der Waals surface area contributed by atoms with Crippen molar-refractivity contribution >= 4 is 35.6 Å². The zero-order valence-electron chi connectivity index (χ0n) is 18.3. The molecule has 2 fully saturated rings. The molecule has 186 valence electrons. The van der Waals surface area contributed by atoms with E-state index < -0.39 is 41.7 Å². The lowest BCUT2D eigenvalue weighted by Gasteiger charge is -2.19. The van der Waals surface area contributed by atoms with E-state index in [0.717, 1.165) is 19.3 Å². The lowest BCUT2D eigenvalue weighted by molar-refractivity contribution is -0.205. The van der Waals surface area contributed by atoms with Gasteiger partial charge in [0, 0.05) is 38.7 Å². The molecule has 2 aliphatic heterocycles. The molecule has 11 nitrogen and oxygen atoms in total. The first kappa shape index (κ1) is 28.2. The highest BCUT2D eigenvalue weighted by Crippen LogP contribution is 2.16. The van der Waals surface area contributed by atoms with Gasteiger partial charge < -0.3 is 14.4 Å². The Bertz CT molecular complexity index is 705. The monoisotopic (exact) mass is 470 g/mol. The Morgan fingerprint density at radius 3 is 1.85 bits per heavy atom. The van der Waals surface area contributed by atoms with Crippen molar-refractivity contribution in [2.24, 2.45) is 0 Å². The molecular weight excluding hydrogens is 436 g/mol. The predicted molar refractivity (Wildman–Crippen MR) is 113 cm³/mol. The largest absolute Gasteiger partial charge is 0.366 e. The fraction of sp³-hybridized carbons (Fsp3) is 0.727. The summed E-state index contributed by atoms with van der Waals surface area (Å²) in [5, 5.41) is 1.06. The molecule has 0 aliphatic carbocycles. The van der Waals surface area contributed by atoms with Gasteiger partial charge in [-0.3, -0.25) is 19.2 Å². The predicted octanol–water partition coefficient (Wildman–Crippen LogP) is 2.36. The molecule has 0 aromatic carbocycles. The standard InChI is InChI=1S/C21H30N2O9.CH4/c1-2-3-8-15(21(29)32-23-18(26)12-13-19(23)27)30-14-7-5-4-6-9-20(28)31-22-16(24)10-11-17(22)25;/h15H,2-14H2,1H3;1H4. The normalized spacial score (nSPS) is 16.8. The van der Waals surface area contributed by atoms with Gasteiger partial charge in [0.05, 0.1) is 0 Å². The molecule has 11 heteroatoms. The van der Waals surface area contributed by atoms with Gasteiger partial charge in [0.15, 0.2) is 6.10 Å². The summed E-state index contributed by atoms with van der Waals surface area (Å²) in [4.78, 5) is 79.9. The second-order valence-electron chi connectivity index (χ2n) is 7.70. The number of hydrogen-bond donors (Lipinski definition) is 0. The lowest BCUT2D eigenvalue weighted by Crippen LogP contribution is -2.37. The lowest BCUT2D eigenvalue weighted by atomic mass is 10.1. The Balaban J connectivity index is 0.00000544. The van der Waals surface area contributed by atoms with E-state index in [1.807, 2.05) is 6.92 Å². The van der Waals surface area contributed by atoms with Crippen molar-refractivity contribution in [1.82, 2.24) is 10.1 Å². The van der Waals surface area contributed by atoms with E-state index in [1.54, 1.807) is 0 Å². The molecule has 33 heavy (non-hydrogen) atoms. The Morgan fingerprint density at radius 1 is 0.788 bits per heavy atom. The van der Waals surface area contributed by atoms with Gasteiger partial charge in [0.1, 0.15) is 0 Å². The van der Waals surface area contributed by atoms with Crippen molar-refractivity contribution in [3.8, 4) is 0 Å². The number of carbonyl (C=O) groups is 6. The van der Waals surface area contributed by atoms with Crippen LogP contribution in [0.25, 0.3) is 0 Å². The van der Waals surface area contributed by atoms with Crippen molar-refractivity contribution < 1.29 is 43.2 Å². The Kier molecular flexibility index (Phi) is 12.3. The first-order valence-electron chi connectivity index (χ1n) is 11.1. The van der Waals surface area contributed by atoms with Crippen LogP contribution in [0.3, 0.4) is 0 Å². The first-order chi connectivity index (χ1) is 15.3. The van der Waals surface area contributed by atoms with Gasteiger partial charge in [-0.25, -0.2) is 9.59 Å². The summed E-state index contributed by atoms with van der Waals surface area (Å²) in [5.41, 5.74) is 0. The van der Waals surface area contributed by atoms with Crippen LogP contribution in [0.5, 0.6) is 0 Å². The van der Waals surface area contributed by atoms with Gasteiger partial charge in [-0.2, -0.15) is 0 Å². The van der Waals surface area contributed by atoms with E-state index >= 15 is 0 Å². The maximum atomic E-state index is 12.3. The Hall–Kier alpha value is -2.82. The zero-order valence-corrected chi connectivity index (χ0v) is 18.3. The highest BCUT2D eigenvalue weighted by molar-refractivity contribution is 6.02. The highest BCUT2D eigenvalue weighted by atomic mass is 16.7. The van der Waals surface area contributed by atoms with Crippen molar-refractivity contribution in [2.75, 3.05) is 6.61 Å². The SMILES string of the molecule is C.CCCCC(OCCCCCCC(=O)ON1C(=O)CCC1=O)C(=O)ON1C(=O)CCC1=O. The third kappa shape index (κ3) is 8.91. The molecule has 0 aromatic heterocycles. The Labute approximate surface area is 193 Å². The van der Waals surface area contributed by atoms with Crippen LogP contribution in [0.15, 0.2) is 0 Å². The van der Waals surface area contributed by atoms with Gasteiger partial charge in [-0.1, -0.05) is 40.0 Å². The first-order valence-corrected chi connectivity index (χ1v) is 11.1. The maximum absolute atomic E-state index is 12.3. The molecule has 2 heterocycles. The van der Waals surface area contributed by atoms with Crippen LogP contribution in [-0.4, -0.2) is 58.4 Å². The third-order valence-corrected chi connectivity index (χ3v) is 5.06. The van der Waals surface area contributed by atoms with Crippen molar-refractivity contribution in [3.63, 3.8) is 0 Å². The maximum Gasteiger partial charge on any atom is 0.361 e. The number of hydroxylamine groups is 4. The number of rotatable bonds is 14. The third-order valence-electron chi connectivity index (χ3n) is 5.06. The number of carbonyl (C=O) groups excluding carboxylic acids is 6. The van der Waals surface area contributed by atoms with Crippen LogP contribution < -0.4 is 0 Å². The van der Waals surface area contributed by atoms with E-state index in [1.165, 1.54) is 0 Å².